The number of sulfonamides is 1. The van der Waals surface area contributed by atoms with Crippen LogP contribution in [0.5, 0.6) is 5.75 Å². The van der Waals surface area contributed by atoms with Crippen molar-refractivity contribution in [3.63, 3.8) is 0 Å². The highest BCUT2D eigenvalue weighted by atomic mass is 32.2. The maximum atomic E-state index is 11.6. The van der Waals surface area contributed by atoms with Gasteiger partial charge in [-0.15, -0.1) is 0 Å². The average Bonchev–Trinajstić information content (AvgIpc) is 2.47. The van der Waals surface area contributed by atoms with Gasteiger partial charge in [-0.2, -0.15) is 0 Å². The Morgan fingerprint density at radius 3 is 2.57 bits per heavy atom. The first-order chi connectivity index (χ1) is 10.0. The van der Waals surface area contributed by atoms with Crippen LogP contribution in [-0.4, -0.2) is 49.0 Å². The van der Waals surface area contributed by atoms with Crippen LogP contribution in [-0.2, 0) is 19.5 Å². The molecule has 3 N–H and O–H groups in total. The van der Waals surface area contributed by atoms with Crippen LogP contribution in [0.4, 0.5) is 5.69 Å². The molecule has 0 aliphatic carbocycles. The first kappa shape index (κ1) is 17.7. The minimum atomic E-state index is -3.50. The van der Waals surface area contributed by atoms with E-state index in [4.69, 9.17) is 19.9 Å². The lowest BCUT2D eigenvalue weighted by Crippen LogP contribution is -2.18. The molecular weight excluding hydrogens is 296 g/mol. The molecule has 0 atom stereocenters. The van der Waals surface area contributed by atoms with Gasteiger partial charge in [0.15, 0.2) is 0 Å². The quantitative estimate of drug-likeness (QED) is 0.484. The van der Waals surface area contributed by atoms with E-state index >= 15 is 0 Å². The van der Waals surface area contributed by atoms with Crippen molar-refractivity contribution in [2.24, 2.45) is 0 Å². The minimum Gasteiger partial charge on any atom is -0.489 e. The van der Waals surface area contributed by atoms with Gasteiger partial charge in [-0.3, -0.25) is 0 Å². The zero-order chi connectivity index (χ0) is 15.7. The smallest absolute Gasteiger partial charge is 0.240 e. The van der Waals surface area contributed by atoms with E-state index in [1.165, 1.54) is 25.2 Å². The molecule has 8 heteroatoms. The fourth-order valence-corrected chi connectivity index (χ4v) is 2.33. The van der Waals surface area contributed by atoms with Gasteiger partial charge in [0.1, 0.15) is 12.4 Å². The van der Waals surface area contributed by atoms with Crippen LogP contribution < -0.4 is 15.2 Å². The molecule has 0 aliphatic rings. The molecule has 0 spiro atoms. The van der Waals surface area contributed by atoms with E-state index in [-0.39, 0.29) is 10.6 Å². The molecule has 0 amide bonds. The van der Waals surface area contributed by atoms with Crippen LogP contribution in [0.1, 0.15) is 6.42 Å². The first-order valence-electron chi connectivity index (χ1n) is 6.54. The third-order valence-electron chi connectivity index (χ3n) is 2.68. The Morgan fingerprint density at radius 2 is 1.95 bits per heavy atom. The number of anilines is 1. The van der Waals surface area contributed by atoms with Crippen molar-refractivity contribution in [2.75, 3.05) is 46.3 Å². The molecular formula is C13H22N2O5S. The van der Waals surface area contributed by atoms with E-state index < -0.39 is 10.0 Å². The number of ether oxygens (including phenoxy) is 3. The summed E-state index contributed by atoms with van der Waals surface area (Å²) in [7, 11) is -0.511. The summed E-state index contributed by atoms with van der Waals surface area (Å²) in [6, 6.07) is 4.34. The van der Waals surface area contributed by atoms with Crippen molar-refractivity contribution in [3.8, 4) is 5.75 Å². The predicted molar refractivity (Wildman–Crippen MR) is 79.9 cm³/mol. The van der Waals surface area contributed by atoms with E-state index in [1.54, 1.807) is 7.11 Å². The number of hydrogen-bond donors (Lipinski definition) is 2. The fraction of sp³-hybridized carbons (Fsp3) is 0.538. The predicted octanol–water partition coefficient (Wildman–Crippen LogP) is 0.609. The molecule has 7 nitrogen and oxygen atoms in total. The Labute approximate surface area is 125 Å². The number of nitrogen functional groups attached to an aromatic ring is 1. The van der Waals surface area contributed by atoms with Crippen LogP contribution in [0.3, 0.4) is 0 Å². The Hall–Kier alpha value is -1.35. The van der Waals surface area contributed by atoms with Crippen LogP contribution in [0.25, 0.3) is 0 Å². The summed E-state index contributed by atoms with van der Waals surface area (Å²) >= 11 is 0. The number of benzene rings is 1. The maximum absolute atomic E-state index is 11.6. The van der Waals surface area contributed by atoms with E-state index in [0.29, 0.717) is 32.2 Å². The van der Waals surface area contributed by atoms with Crippen molar-refractivity contribution in [1.82, 2.24) is 4.72 Å². The molecule has 0 fully saturated rings. The Balaban J connectivity index is 2.43. The number of methoxy groups -OCH3 is 1. The Bertz CT molecular complexity index is 533. The topological polar surface area (TPSA) is 99.9 Å². The molecule has 0 aromatic heterocycles. The monoisotopic (exact) mass is 318 g/mol. The molecule has 0 unspecified atom stereocenters. The summed E-state index contributed by atoms with van der Waals surface area (Å²) in [6.07, 6.45) is 0.829. The normalized spacial score (nSPS) is 11.5. The second-order valence-electron chi connectivity index (χ2n) is 4.21. The van der Waals surface area contributed by atoms with Gasteiger partial charge in [-0.25, -0.2) is 13.1 Å². The highest BCUT2D eigenvalue weighted by molar-refractivity contribution is 7.89. The summed E-state index contributed by atoms with van der Waals surface area (Å²) < 4.78 is 41.1. The Kier molecular flexibility index (Phi) is 7.44. The second kappa shape index (κ2) is 8.83. The van der Waals surface area contributed by atoms with Gasteiger partial charge >= 0.3 is 0 Å². The fourth-order valence-electron chi connectivity index (χ4n) is 1.56. The zero-order valence-electron chi connectivity index (χ0n) is 12.3. The van der Waals surface area contributed by atoms with Gasteiger partial charge in [0.2, 0.25) is 10.0 Å². The second-order valence-corrected chi connectivity index (χ2v) is 6.10. The van der Waals surface area contributed by atoms with Gasteiger partial charge in [0.25, 0.3) is 0 Å². The van der Waals surface area contributed by atoms with Crippen LogP contribution in [0.15, 0.2) is 23.1 Å². The van der Waals surface area contributed by atoms with Crippen LogP contribution >= 0.6 is 0 Å². The molecule has 1 aromatic carbocycles. The summed E-state index contributed by atoms with van der Waals surface area (Å²) in [5.74, 6) is 0.436. The molecule has 1 aromatic rings. The first-order valence-corrected chi connectivity index (χ1v) is 8.02. The molecule has 0 bridgehead atoms. The van der Waals surface area contributed by atoms with Crippen molar-refractivity contribution >= 4 is 15.7 Å². The summed E-state index contributed by atoms with van der Waals surface area (Å²) in [5, 5.41) is 0. The van der Waals surface area contributed by atoms with Crippen LogP contribution in [0, 0.1) is 0 Å². The lowest BCUT2D eigenvalue weighted by molar-refractivity contribution is 0.0808. The van der Waals surface area contributed by atoms with Gasteiger partial charge in [-0.05, 0) is 31.7 Å². The summed E-state index contributed by atoms with van der Waals surface area (Å²) in [4.78, 5) is 0.102. The van der Waals surface area contributed by atoms with E-state index in [1.807, 2.05) is 0 Å². The molecule has 120 valence electrons. The van der Waals surface area contributed by atoms with Crippen LogP contribution in [0.2, 0.25) is 0 Å². The van der Waals surface area contributed by atoms with Gasteiger partial charge in [0.05, 0.1) is 17.2 Å². The standard InChI is InChI=1S/C13H22N2O5S/c1-15-21(16,17)11-4-5-13(12(14)10-11)20-9-8-19-7-3-6-18-2/h4-5,10,15H,3,6-9,14H2,1-2H3. The molecule has 0 aliphatic heterocycles. The van der Waals surface area contributed by atoms with Crippen molar-refractivity contribution < 1.29 is 22.6 Å². The van der Waals surface area contributed by atoms with E-state index in [9.17, 15) is 8.42 Å². The minimum absolute atomic E-state index is 0.102. The van der Waals surface area contributed by atoms with Crippen molar-refractivity contribution in [3.05, 3.63) is 18.2 Å². The zero-order valence-corrected chi connectivity index (χ0v) is 13.1. The van der Waals surface area contributed by atoms with Gasteiger partial charge in [0, 0.05) is 20.3 Å². The third-order valence-corrected chi connectivity index (χ3v) is 4.09. The molecule has 0 heterocycles. The van der Waals surface area contributed by atoms with E-state index in [2.05, 4.69) is 4.72 Å². The number of nitrogens with two attached hydrogens (primary N) is 1. The number of hydrogen-bond acceptors (Lipinski definition) is 6. The Morgan fingerprint density at radius 1 is 1.19 bits per heavy atom. The largest absolute Gasteiger partial charge is 0.489 e. The SMILES string of the molecule is CNS(=O)(=O)c1ccc(OCCOCCCOC)c(N)c1. The highest BCUT2D eigenvalue weighted by Crippen LogP contribution is 2.24. The maximum Gasteiger partial charge on any atom is 0.240 e. The average molecular weight is 318 g/mol. The van der Waals surface area contributed by atoms with Gasteiger partial charge < -0.3 is 19.9 Å². The summed E-state index contributed by atoms with van der Waals surface area (Å²) in [6.45, 7) is 2.04. The summed E-state index contributed by atoms with van der Waals surface area (Å²) in [5.41, 5.74) is 6.05. The molecule has 0 saturated carbocycles. The molecule has 0 radical (unpaired) electrons. The van der Waals surface area contributed by atoms with Crippen molar-refractivity contribution in [2.45, 2.75) is 11.3 Å². The lowest BCUT2D eigenvalue weighted by Gasteiger charge is -2.11. The van der Waals surface area contributed by atoms with Gasteiger partial charge in [-0.1, -0.05) is 0 Å². The highest BCUT2D eigenvalue weighted by Gasteiger charge is 2.13. The van der Waals surface area contributed by atoms with Crippen molar-refractivity contribution in [1.29, 1.82) is 0 Å². The van der Waals surface area contributed by atoms with E-state index in [0.717, 1.165) is 6.42 Å². The molecule has 1 rings (SSSR count). The third kappa shape index (κ3) is 5.88. The molecule has 0 saturated heterocycles. The number of nitrogens with one attached hydrogen (secondary N) is 1. The lowest BCUT2D eigenvalue weighted by atomic mass is 10.3. The number of rotatable bonds is 10. The molecule has 21 heavy (non-hydrogen) atoms.